The van der Waals surface area contributed by atoms with E-state index >= 15 is 0 Å². The smallest absolute Gasteiger partial charge is 0.354 e. The van der Waals surface area contributed by atoms with Crippen LogP contribution in [-0.4, -0.2) is 56.5 Å². The van der Waals surface area contributed by atoms with Gasteiger partial charge < -0.3 is 14.2 Å². The number of methoxy groups -OCH3 is 1. The molecule has 1 aliphatic rings. The van der Waals surface area contributed by atoms with E-state index in [4.69, 9.17) is 11.6 Å². The molecule has 0 saturated carbocycles. The van der Waals surface area contributed by atoms with E-state index in [2.05, 4.69) is 9.64 Å². The fraction of sp³-hybridized carbons (Fsp3) is 0.353. The fourth-order valence-corrected chi connectivity index (χ4v) is 4.76. The van der Waals surface area contributed by atoms with Gasteiger partial charge >= 0.3 is 5.97 Å². The van der Waals surface area contributed by atoms with Crippen LogP contribution in [0.5, 0.6) is 0 Å². The molecule has 0 radical (unpaired) electrons. The van der Waals surface area contributed by atoms with Gasteiger partial charge in [0, 0.05) is 39.4 Å². The second-order valence-electron chi connectivity index (χ2n) is 6.01. The van der Waals surface area contributed by atoms with Crippen molar-refractivity contribution in [2.45, 2.75) is 4.90 Å². The van der Waals surface area contributed by atoms with E-state index in [1.165, 1.54) is 28.2 Å². The first-order chi connectivity index (χ1) is 12.3. The molecule has 2 heterocycles. The highest BCUT2D eigenvalue weighted by Gasteiger charge is 2.31. The molecule has 7 nitrogen and oxygen atoms in total. The molecule has 26 heavy (non-hydrogen) atoms. The normalized spacial score (nSPS) is 15.9. The van der Waals surface area contributed by atoms with E-state index in [0.29, 0.717) is 31.2 Å². The van der Waals surface area contributed by atoms with E-state index in [0.717, 1.165) is 5.69 Å². The summed E-state index contributed by atoms with van der Waals surface area (Å²) in [5.41, 5.74) is 1.10. The first-order valence-corrected chi connectivity index (χ1v) is 9.90. The zero-order chi connectivity index (χ0) is 18.9. The predicted molar refractivity (Wildman–Crippen MR) is 99.2 cm³/mol. The molecule has 1 saturated heterocycles. The molecule has 2 aromatic rings. The lowest BCUT2D eigenvalue weighted by molar-refractivity contribution is 0.0590. The van der Waals surface area contributed by atoms with Crippen LogP contribution in [0.2, 0.25) is 5.02 Å². The zero-order valence-corrected chi connectivity index (χ0v) is 16.1. The number of aryl methyl sites for hydroxylation is 1. The van der Waals surface area contributed by atoms with E-state index in [1.807, 2.05) is 24.3 Å². The average molecular weight is 398 g/mol. The summed E-state index contributed by atoms with van der Waals surface area (Å²) in [6.45, 7) is 1.77. The minimum Gasteiger partial charge on any atom is -0.464 e. The van der Waals surface area contributed by atoms with Gasteiger partial charge in [0.25, 0.3) is 0 Å². The maximum Gasteiger partial charge on any atom is 0.354 e. The van der Waals surface area contributed by atoms with Crippen molar-refractivity contribution in [2.75, 3.05) is 38.2 Å². The molecule has 0 unspecified atom stereocenters. The Bertz CT molecular complexity index is 918. The first kappa shape index (κ1) is 18.8. The summed E-state index contributed by atoms with van der Waals surface area (Å²) in [4.78, 5) is 13.9. The lowest BCUT2D eigenvalue weighted by atomic mass is 10.2. The van der Waals surface area contributed by atoms with Gasteiger partial charge in [-0.1, -0.05) is 23.7 Å². The Hall–Kier alpha value is -2.03. The van der Waals surface area contributed by atoms with Crippen LogP contribution < -0.4 is 4.90 Å². The number of sulfonamides is 1. The number of carbonyl (C=O) groups is 1. The minimum absolute atomic E-state index is 0.0894. The van der Waals surface area contributed by atoms with Gasteiger partial charge in [0.05, 0.1) is 17.8 Å². The van der Waals surface area contributed by atoms with Crippen molar-refractivity contribution in [3.05, 3.63) is 47.2 Å². The molecule has 3 rings (SSSR count). The summed E-state index contributed by atoms with van der Waals surface area (Å²) in [7, 11) is -0.803. The van der Waals surface area contributed by atoms with Crippen molar-refractivity contribution in [3.8, 4) is 0 Å². The highest BCUT2D eigenvalue weighted by Crippen LogP contribution is 2.27. The van der Waals surface area contributed by atoms with E-state index in [-0.39, 0.29) is 10.6 Å². The number of hydrogen-bond donors (Lipinski definition) is 0. The van der Waals surface area contributed by atoms with Crippen LogP contribution in [0.15, 0.2) is 41.4 Å². The van der Waals surface area contributed by atoms with E-state index < -0.39 is 16.0 Å². The van der Waals surface area contributed by atoms with Crippen molar-refractivity contribution < 1.29 is 17.9 Å². The number of anilines is 1. The number of benzene rings is 1. The summed E-state index contributed by atoms with van der Waals surface area (Å²) >= 11 is 6.22. The topological polar surface area (TPSA) is 71.8 Å². The average Bonchev–Trinajstić information content (AvgIpc) is 3.04. The second-order valence-corrected chi connectivity index (χ2v) is 8.35. The van der Waals surface area contributed by atoms with Gasteiger partial charge in [-0.15, -0.1) is 0 Å². The monoisotopic (exact) mass is 397 g/mol. The van der Waals surface area contributed by atoms with Crippen LogP contribution in [0.1, 0.15) is 10.5 Å². The van der Waals surface area contributed by atoms with Gasteiger partial charge in [0.2, 0.25) is 10.0 Å². The highest BCUT2D eigenvalue weighted by atomic mass is 35.5. The lowest BCUT2D eigenvalue weighted by Crippen LogP contribution is -2.48. The predicted octanol–water partition coefficient (Wildman–Crippen LogP) is 1.98. The van der Waals surface area contributed by atoms with Gasteiger partial charge in [-0.3, -0.25) is 0 Å². The Labute approximate surface area is 157 Å². The first-order valence-electron chi connectivity index (χ1n) is 8.09. The van der Waals surface area contributed by atoms with Gasteiger partial charge in [0.15, 0.2) is 0 Å². The maximum absolute atomic E-state index is 12.9. The second kappa shape index (κ2) is 7.30. The third-order valence-corrected chi connectivity index (χ3v) is 6.63. The molecule has 1 aromatic carbocycles. The molecular weight excluding hydrogens is 378 g/mol. The molecule has 1 aliphatic heterocycles. The Morgan fingerprint density at radius 3 is 2.42 bits per heavy atom. The zero-order valence-electron chi connectivity index (χ0n) is 14.6. The van der Waals surface area contributed by atoms with E-state index in [1.54, 1.807) is 7.05 Å². The summed E-state index contributed by atoms with van der Waals surface area (Å²) in [6, 6.07) is 8.86. The lowest BCUT2D eigenvalue weighted by Gasteiger charge is -2.35. The number of hydrogen-bond acceptors (Lipinski definition) is 5. The Morgan fingerprint density at radius 1 is 1.15 bits per heavy atom. The number of piperazine rings is 1. The van der Waals surface area contributed by atoms with Crippen molar-refractivity contribution >= 4 is 33.3 Å². The third-order valence-electron chi connectivity index (χ3n) is 4.44. The number of carbonyl (C=O) groups excluding carboxylic acids is 1. The third kappa shape index (κ3) is 3.44. The SMILES string of the molecule is COC(=O)c1cc(S(=O)(=O)N2CCN(c3ccccc3Cl)CC2)cn1C. The number of esters is 1. The minimum atomic E-state index is -3.68. The number of aromatic nitrogens is 1. The Kier molecular flexibility index (Phi) is 5.27. The van der Waals surface area contributed by atoms with Gasteiger partial charge in [-0.05, 0) is 18.2 Å². The van der Waals surface area contributed by atoms with Crippen LogP contribution in [-0.2, 0) is 21.8 Å². The number of rotatable bonds is 4. The number of para-hydroxylation sites is 1. The van der Waals surface area contributed by atoms with Gasteiger partial charge in [-0.2, -0.15) is 4.31 Å². The molecule has 0 aliphatic carbocycles. The molecule has 0 N–H and O–H groups in total. The van der Waals surface area contributed by atoms with Crippen molar-refractivity contribution in [1.29, 1.82) is 0 Å². The number of ether oxygens (including phenoxy) is 1. The Balaban J connectivity index is 1.76. The Morgan fingerprint density at radius 2 is 1.81 bits per heavy atom. The molecule has 0 amide bonds. The molecule has 9 heteroatoms. The molecule has 0 bridgehead atoms. The van der Waals surface area contributed by atoms with Crippen molar-refractivity contribution in [3.63, 3.8) is 0 Å². The summed E-state index contributed by atoms with van der Waals surface area (Å²) in [5, 5.41) is 0.648. The molecule has 140 valence electrons. The quantitative estimate of drug-likeness (QED) is 0.737. The molecular formula is C17H20ClN3O4S. The molecule has 1 fully saturated rings. The number of halogens is 1. The maximum atomic E-state index is 12.9. The molecule has 0 atom stereocenters. The highest BCUT2D eigenvalue weighted by molar-refractivity contribution is 7.89. The van der Waals surface area contributed by atoms with Crippen LogP contribution in [0.25, 0.3) is 0 Å². The molecule has 0 spiro atoms. The summed E-state index contributed by atoms with van der Waals surface area (Å²) in [5.74, 6) is -0.572. The van der Waals surface area contributed by atoms with Crippen LogP contribution >= 0.6 is 11.6 Å². The number of nitrogens with zero attached hydrogens (tertiary/aromatic N) is 3. The largest absolute Gasteiger partial charge is 0.464 e. The van der Waals surface area contributed by atoms with Gasteiger partial charge in [-0.25, -0.2) is 13.2 Å². The fourth-order valence-electron chi connectivity index (χ4n) is 3.01. The van der Waals surface area contributed by atoms with Crippen LogP contribution in [0, 0.1) is 0 Å². The van der Waals surface area contributed by atoms with Crippen molar-refractivity contribution in [1.82, 2.24) is 8.87 Å². The van der Waals surface area contributed by atoms with E-state index in [9.17, 15) is 13.2 Å². The molecule has 1 aromatic heterocycles. The standard InChI is InChI=1S/C17H20ClN3O4S/c1-19-12-13(11-16(19)17(22)25-2)26(23,24)21-9-7-20(8-10-21)15-6-4-3-5-14(15)18/h3-6,11-12H,7-10H2,1-2H3. The van der Waals surface area contributed by atoms with Crippen LogP contribution in [0.4, 0.5) is 5.69 Å². The van der Waals surface area contributed by atoms with Crippen LogP contribution in [0.3, 0.4) is 0 Å². The summed E-state index contributed by atoms with van der Waals surface area (Å²) < 4.78 is 33.3. The van der Waals surface area contributed by atoms with Gasteiger partial charge in [0.1, 0.15) is 10.6 Å². The van der Waals surface area contributed by atoms with Crippen molar-refractivity contribution in [2.24, 2.45) is 7.05 Å². The summed E-state index contributed by atoms with van der Waals surface area (Å²) in [6.07, 6.45) is 1.43.